The molecule has 2 amide bonds. The van der Waals surface area contributed by atoms with Crippen LogP contribution in [0, 0.1) is 0 Å². The molecule has 1 unspecified atom stereocenters. The van der Waals surface area contributed by atoms with Crippen molar-refractivity contribution in [2.45, 2.75) is 31.7 Å². The number of rotatable bonds is 5. The minimum Gasteiger partial charge on any atom is -0.484 e. The van der Waals surface area contributed by atoms with Crippen molar-refractivity contribution in [1.82, 2.24) is 10.6 Å². The molecule has 20 heavy (non-hydrogen) atoms. The van der Waals surface area contributed by atoms with Crippen molar-refractivity contribution in [2.75, 3.05) is 13.2 Å². The number of hydrogen-bond donors (Lipinski definition) is 2. The summed E-state index contributed by atoms with van der Waals surface area (Å²) in [6, 6.07) is 9.24. The Bertz CT molecular complexity index is 448. The number of para-hydroxylation sites is 1. The second kappa shape index (κ2) is 7.53. The van der Waals surface area contributed by atoms with E-state index in [4.69, 9.17) is 4.74 Å². The Morgan fingerprint density at radius 2 is 2.10 bits per heavy atom. The van der Waals surface area contributed by atoms with Crippen LogP contribution in [0.5, 0.6) is 5.75 Å². The van der Waals surface area contributed by atoms with Gasteiger partial charge in [-0.2, -0.15) is 0 Å². The maximum absolute atomic E-state index is 11.7. The van der Waals surface area contributed by atoms with Crippen molar-refractivity contribution in [3.05, 3.63) is 30.3 Å². The first kappa shape index (κ1) is 14.4. The van der Waals surface area contributed by atoms with Gasteiger partial charge in [-0.15, -0.1) is 0 Å². The van der Waals surface area contributed by atoms with Crippen molar-refractivity contribution < 1.29 is 14.3 Å². The molecule has 0 saturated carbocycles. The fourth-order valence-corrected chi connectivity index (χ4v) is 2.16. The summed E-state index contributed by atoms with van der Waals surface area (Å²) in [7, 11) is 0. The Labute approximate surface area is 118 Å². The molecule has 1 heterocycles. The Morgan fingerprint density at radius 1 is 1.30 bits per heavy atom. The fourth-order valence-electron chi connectivity index (χ4n) is 2.16. The normalized spacial score (nSPS) is 18.8. The third kappa shape index (κ3) is 4.91. The fraction of sp³-hybridized carbons (Fsp3) is 0.467. The molecule has 1 aromatic carbocycles. The molecular weight excluding hydrogens is 256 g/mol. The van der Waals surface area contributed by atoms with Crippen LogP contribution in [0.2, 0.25) is 0 Å². The van der Waals surface area contributed by atoms with Gasteiger partial charge in [0.05, 0.1) is 0 Å². The summed E-state index contributed by atoms with van der Waals surface area (Å²) < 4.78 is 5.35. The average molecular weight is 276 g/mol. The van der Waals surface area contributed by atoms with Crippen LogP contribution in [0.3, 0.4) is 0 Å². The smallest absolute Gasteiger partial charge is 0.258 e. The monoisotopic (exact) mass is 276 g/mol. The zero-order valence-electron chi connectivity index (χ0n) is 11.4. The van der Waals surface area contributed by atoms with E-state index in [1.54, 1.807) is 12.1 Å². The Morgan fingerprint density at radius 3 is 2.90 bits per heavy atom. The second-order valence-corrected chi connectivity index (χ2v) is 4.92. The van der Waals surface area contributed by atoms with Gasteiger partial charge in [-0.25, -0.2) is 0 Å². The van der Waals surface area contributed by atoms with Gasteiger partial charge in [0.2, 0.25) is 5.91 Å². The van der Waals surface area contributed by atoms with Gasteiger partial charge in [-0.1, -0.05) is 24.6 Å². The number of carbonyl (C=O) groups is 2. The van der Waals surface area contributed by atoms with Crippen LogP contribution in [-0.4, -0.2) is 31.0 Å². The van der Waals surface area contributed by atoms with Gasteiger partial charge in [0.25, 0.3) is 5.91 Å². The van der Waals surface area contributed by atoms with Crippen molar-refractivity contribution >= 4 is 11.8 Å². The highest BCUT2D eigenvalue weighted by Gasteiger charge is 2.16. The highest BCUT2D eigenvalue weighted by atomic mass is 16.5. The lowest BCUT2D eigenvalue weighted by molar-refractivity contribution is -0.124. The average Bonchev–Trinajstić information content (AvgIpc) is 2.68. The van der Waals surface area contributed by atoms with Crippen LogP contribution in [-0.2, 0) is 9.59 Å². The first-order chi connectivity index (χ1) is 9.74. The molecule has 1 fully saturated rings. The summed E-state index contributed by atoms with van der Waals surface area (Å²) in [4.78, 5) is 23.1. The molecule has 1 aliphatic heterocycles. The van der Waals surface area contributed by atoms with E-state index in [9.17, 15) is 9.59 Å². The van der Waals surface area contributed by atoms with Gasteiger partial charge in [0.1, 0.15) is 5.75 Å². The third-order valence-electron chi connectivity index (χ3n) is 3.23. The summed E-state index contributed by atoms with van der Waals surface area (Å²) in [6.07, 6.45) is 3.43. The summed E-state index contributed by atoms with van der Waals surface area (Å²) in [5.41, 5.74) is 0. The lowest BCUT2D eigenvalue weighted by atomic mass is 10.1. The van der Waals surface area contributed by atoms with Crippen molar-refractivity contribution in [3.63, 3.8) is 0 Å². The summed E-state index contributed by atoms with van der Waals surface area (Å²) in [5, 5.41) is 5.71. The molecule has 1 aliphatic rings. The van der Waals surface area contributed by atoms with Crippen LogP contribution in [0.25, 0.3) is 0 Å². The molecule has 0 aliphatic carbocycles. The van der Waals surface area contributed by atoms with E-state index in [1.807, 2.05) is 18.2 Å². The van der Waals surface area contributed by atoms with Gasteiger partial charge in [0, 0.05) is 19.0 Å². The largest absolute Gasteiger partial charge is 0.484 e. The van der Waals surface area contributed by atoms with Crippen LogP contribution < -0.4 is 15.4 Å². The molecular formula is C15H20N2O3. The van der Waals surface area contributed by atoms with Gasteiger partial charge >= 0.3 is 0 Å². The van der Waals surface area contributed by atoms with E-state index in [0.717, 1.165) is 19.3 Å². The lowest BCUT2D eigenvalue weighted by Crippen LogP contribution is -2.43. The van der Waals surface area contributed by atoms with E-state index in [0.29, 0.717) is 18.7 Å². The lowest BCUT2D eigenvalue weighted by Gasteiger charge is -2.16. The predicted molar refractivity (Wildman–Crippen MR) is 75.3 cm³/mol. The highest BCUT2D eigenvalue weighted by molar-refractivity contribution is 5.78. The molecule has 0 aromatic heterocycles. The van der Waals surface area contributed by atoms with E-state index < -0.39 is 0 Å². The topological polar surface area (TPSA) is 67.4 Å². The number of nitrogens with one attached hydrogen (secondary N) is 2. The Hall–Kier alpha value is -2.04. The maximum atomic E-state index is 11.7. The van der Waals surface area contributed by atoms with Crippen molar-refractivity contribution in [3.8, 4) is 5.75 Å². The van der Waals surface area contributed by atoms with Gasteiger partial charge in [-0.3, -0.25) is 9.59 Å². The minimum absolute atomic E-state index is 0.00925. The maximum Gasteiger partial charge on any atom is 0.258 e. The highest BCUT2D eigenvalue weighted by Crippen LogP contribution is 2.09. The molecule has 0 bridgehead atoms. The number of amides is 2. The SMILES string of the molecule is O=C(COc1ccccc1)NCC1CCCCC(=O)N1. The van der Waals surface area contributed by atoms with Crippen LogP contribution in [0.15, 0.2) is 30.3 Å². The van der Waals surface area contributed by atoms with Crippen molar-refractivity contribution in [2.24, 2.45) is 0 Å². The van der Waals surface area contributed by atoms with Crippen LogP contribution >= 0.6 is 0 Å². The number of carbonyl (C=O) groups excluding carboxylic acids is 2. The molecule has 5 heteroatoms. The standard InChI is InChI=1S/C15H20N2O3/c18-14-9-5-4-6-12(17-14)10-16-15(19)11-20-13-7-2-1-3-8-13/h1-3,7-8,12H,4-6,9-11H2,(H,16,19)(H,17,18). The molecule has 108 valence electrons. The predicted octanol–water partition coefficient (Wildman–Crippen LogP) is 1.24. The summed E-state index contributed by atoms with van der Waals surface area (Å²) in [5.74, 6) is 0.569. The first-order valence-corrected chi connectivity index (χ1v) is 6.98. The molecule has 2 N–H and O–H groups in total. The zero-order valence-corrected chi connectivity index (χ0v) is 11.4. The number of ether oxygens (including phenoxy) is 1. The Kier molecular flexibility index (Phi) is 5.41. The summed E-state index contributed by atoms with van der Waals surface area (Å²) >= 11 is 0. The second-order valence-electron chi connectivity index (χ2n) is 4.92. The zero-order chi connectivity index (χ0) is 14.2. The first-order valence-electron chi connectivity index (χ1n) is 6.98. The third-order valence-corrected chi connectivity index (χ3v) is 3.23. The molecule has 0 radical (unpaired) electrons. The molecule has 1 aromatic rings. The van der Waals surface area contributed by atoms with E-state index in [1.165, 1.54) is 0 Å². The number of hydrogen-bond acceptors (Lipinski definition) is 3. The molecule has 1 saturated heterocycles. The quantitative estimate of drug-likeness (QED) is 0.850. The molecule has 0 spiro atoms. The summed E-state index contributed by atoms with van der Waals surface area (Å²) in [6.45, 7) is 0.452. The van der Waals surface area contributed by atoms with Gasteiger partial charge in [0.15, 0.2) is 6.61 Å². The minimum atomic E-state index is -0.174. The van der Waals surface area contributed by atoms with Crippen molar-refractivity contribution in [1.29, 1.82) is 0 Å². The van der Waals surface area contributed by atoms with Crippen LogP contribution in [0.4, 0.5) is 0 Å². The van der Waals surface area contributed by atoms with E-state index >= 15 is 0 Å². The molecule has 5 nitrogen and oxygen atoms in total. The molecule has 1 atom stereocenters. The Balaban J connectivity index is 1.68. The van der Waals surface area contributed by atoms with E-state index in [2.05, 4.69) is 10.6 Å². The van der Waals surface area contributed by atoms with Gasteiger partial charge < -0.3 is 15.4 Å². The number of benzene rings is 1. The molecule has 2 rings (SSSR count). The van der Waals surface area contributed by atoms with Crippen LogP contribution in [0.1, 0.15) is 25.7 Å². The van der Waals surface area contributed by atoms with Gasteiger partial charge in [-0.05, 0) is 25.0 Å². The van der Waals surface area contributed by atoms with E-state index in [-0.39, 0.29) is 24.5 Å².